The average Bonchev–Trinajstić information content (AvgIpc) is 2.98. The minimum Gasteiger partial charge on any atom is -0.507 e. The molecule has 1 aliphatic carbocycles. The number of H-pyrrole nitrogens is 1. The maximum atomic E-state index is 12.3. The molecule has 0 atom stereocenters. The summed E-state index contributed by atoms with van der Waals surface area (Å²) in [5, 5.41) is 21.8. The summed E-state index contributed by atoms with van der Waals surface area (Å²) in [4.78, 5) is 30.2. The Hall–Kier alpha value is -4.14. The number of hydrogen-bond donors (Lipinski definition) is 3. The lowest BCUT2D eigenvalue weighted by atomic mass is 10.2. The number of phenolic OH excluding ortho intramolecular Hbond substituents is 1. The Morgan fingerprint density at radius 1 is 1.07 bits per heavy atom. The predicted molar refractivity (Wildman–Crippen MR) is 99.5 cm³/mol. The number of phenols is 1. The van der Waals surface area contributed by atoms with E-state index in [4.69, 9.17) is 5.73 Å². The molecule has 0 bridgehead atoms. The highest BCUT2D eigenvalue weighted by Gasteiger charge is 2.22. The number of amides is 1. The molecule has 1 aliphatic heterocycles. The van der Waals surface area contributed by atoms with Crippen molar-refractivity contribution >= 4 is 34.0 Å². The van der Waals surface area contributed by atoms with Crippen molar-refractivity contribution in [3.8, 4) is 17.1 Å². The number of aromatic amines is 1. The molecule has 4 N–H and O–H groups in total. The van der Waals surface area contributed by atoms with Crippen LogP contribution < -0.4 is 5.73 Å². The SMILES string of the molecule is Nc1[nH]c2c(N=NC(=O)c3ccccc3O)c3ccccc3c-2nc1N=O. The van der Waals surface area contributed by atoms with Gasteiger partial charge < -0.3 is 15.8 Å². The van der Waals surface area contributed by atoms with E-state index in [1.54, 1.807) is 30.3 Å². The Balaban J connectivity index is 1.88. The van der Waals surface area contributed by atoms with Crippen LogP contribution in [0.5, 0.6) is 5.75 Å². The Morgan fingerprint density at radius 3 is 2.52 bits per heavy atom. The number of nitrogen functional groups attached to an aromatic ring is 1. The first-order valence-electron chi connectivity index (χ1n) is 7.87. The van der Waals surface area contributed by atoms with E-state index in [1.807, 2.05) is 6.07 Å². The number of benzene rings is 2. The molecular weight excluding hydrogens is 348 g/mol. The molecule has 1 amide bonds. The second kappa shape index (κ2) is 6.30. The van der Waals surface area contributed by atoms with Crippen LogP contribution in [0, 0.1) is 4.91 Å². The van der Waals surface area contributed by atoms with Gasteiger partial charge in [-0.3, -0.25) is 4.79 Å². The van der Waals surface area contributed by atoms with Crippen molar-refractivity contribution in [3.63, 3.8) is 0 Å². The number of aromatic hydroxyl groups is 1. The fourth-order valence-electron chi connectivity index (χ4n) is 2.85. The minimum atomic E-state index is -0.696. The third kappa shape index (κ3) is 2.67. The van der Waals surface area contributed by atoms with Crippen molar-refractivity contribution in [2.45, 2.75) is 0 Å². The summed E-state index contributed by atoms with van der Waals surface area (Å²) in [7, 11) is 0. The lowest BCUT2D eigenvalue weighted by Crippen LogP contribution is -1.96. The van der Waals surface area contributed by atoms with E-state index in [-0.39, 0.29) is 22.9 Å². The van der Waals surface area contributed by atoms with E-state index in [1.165, 1.54) is 12.1 Å². The van der Waals surface area contributed by atoms with Crippen LogP contribution in [0.3, 0.4) is 0 Å². The summed E-state index contributed by atoms with van der Waals surface area (Å²) in [6.45, 7) is 0. The molecule has 2 aromatic rings. The highest BCUT2D eigenvalue weighted by Crippen LogP contribution is 2.44. The molecule has 9 nitrogen and oxygen atoms in total. The van der Waals surface area contributed by atoms with Crippen LogP contribution in [0.2, 0.25) is 0 Å². The summed E-state index contributed by atoms with van der Waals surface area (Å²) in [5.74, 6) is -1.06. The van der Waals surface area contributed by atoms with Gasteiger partial charge in [0.15, 0.2) is 5.82 Å². The summed E-state index contributed by atoms with van der Waals surface area (Å²) in [6.07, 6.45) is 0. The zero-order chi connectivity index (χ0) is 19.0. The molecule has 0 saturated carbocycles. The fraction of sp³-hybridized carbons (Fsp3) is 0. The Labute approximate surface area is 151 Å². The summed E-state index contributed by atoms with van der Waals surface area (Å²) in [6, 6.07) is 13.2. The van der Waals surface area contributed by atoms with E-state index in [0.717, 1.165) is 0 Å². The molecule has 0 radical (unpaired) electrons. The number of carbonyl (C=O) groups excluding carboxylic acids is 1. The summed E-state index contributed by atoms with van der Waals surface area (Å²) < 4.78 is 0. The maximum absolute atomic E-state index is 12.3. The number of carbonyl (C=O) groups is 1. The number of aromatic nitrogens is 2. The van der Waals surface area contributed by atoms with Crippen molar-refractivity contribution in [1.82, 2.24) is 9.97 Å². The summed E-state index contributed by atoms with van der Waals surface area (Å²) >= 11 is 0. The van der Waals surface area contributed by atoms with E-state index < -0.39 is 5.91 Å². The number of nitrogens with one attached hydrogen (secondary N) is 1. The number of nitrogens with zero attached hydrogens (tertiary/aromatic N) is 4. The molecule has 2 aliphatic rings. The number of fused-ring (bicyclic) bond motifs is 3. The Bertz CT molecular complexity index is 1200. The number of hydrogen-bond acceptors (Lipinski definition) is 7. The number of nitroso groups, excluding NO2 is 1. The normalized spacial score (nSPS) is 11.4. The molecule has 0 unspecified atom stereocenters. The smallest absolute Gasteiger partial charge is 0.299 e. The van der Waals surface area contributed by atoms with Gasteiger partial charge in [-0.15, -0.1) is 15.1 Å². The van der Waals surface area contributed by atoms with Crippen molar-refractivity contribution in [2.75, 3.05) is 5.73 Å². The number of azo groups is 1. The van der Waals surface area contributed by atoms with Crippen molar-refractivity contribution in [1.29, 1.82) is 0 Å². The van der Waals surface area contributed by atoms with E-state index in [2.05, 4.69) is 25.4 Å². The van der Waals surface area contributed by atoms with Crippen molar-refractivity contribution < 1.29 is 9.90 Å². The first kappa shape index (κ1) is 16.3. The third-order valence-corrected chi connectivity index (χ3v) is 4.09. The molecule has 4 rings (SSSR count). The fourth-order valence-corrected chi connectivity index (χ4v) is 2.85. The van der Waals surface area contributed by atoms with E-state index >= 15 is 0 Å². The van der Waals surface area contributed by atoms with Gasteiger partial charge in [0, 0.05) is 10.8 Å². The van der Waals surface area contributed by atoms with E-state index in [9.17, 15) is 14.8 Å². The number of para-hydroxylation sites is 1. The van der Waals surface area contributed by atoms with Crippen LogP contribution in [0.1, 0.15) is 10.4 Å². The molecule has 2 aromatic carbocycles. The maximum Gasteiger partial charge on any atom is 0.299 e. The van der Waals surface area contributed by atoms with Crippen LogP contribution in [0.25, 0.3) is 22.2 Å². The van der Waals surface area contributed by atoms with Gasteiger partial charge in [-0.05, 0) is 17.3 Å². The molecule has 0 spiro atoms. The number of anilines is 1. The van der Waals surface area contributed by atoms with E-state index in [0.29, 0.717) is 27.8 Å². The first-order valence-corrected chi connectivity index (χ1v) is 7.87. The van der Waals surface area contributed by atoms with Gasteiger partial charge in [-0.1, -0.05) is 36.4 Å². The van der Waals surface area contributed by atoms with Crippen LogP contribution in [-0.2, 0) is 0 Å². The van der Waals surface area contributed by atoms with Crippen LogP contribution in [-0.4, -0.2) is 21.0 Å². The molecule has 0 saturated heterocycles. The molecule has 9 heteroatoms. The molecule has 0 aromatic heterocycles. The highest BCUT2D eigenvalue weighted by atomic mass is 16.3. The van der Waals surface area contributed by atoms with Crippen LogP contribution in [0.15, 0.2) is 63.9 Å². The highest BCUT2D eigenvalue weighted by molar-refractivity contribution is 6.10. The van der Waals surface area contributed by atoms with Crippen LogP contribution >= 0.6 is 0 Å². The Kier molecular flexibility index (Phi) is 3.81. The zero-order valence-electron chi connectivity index (χ0n) is 13.7. The molecule has 132 valence electrons. The average molecular weight is 360 g/mol. The molecule has 1 heterocycles. The quantitative estimate of drug-likeness (QED) is 0.368. The van der Waals surface area contributed by atoms with Gasteiger partial charge in [0.05, 0.1) is 17.0 Å². The third-order valence-electron chi connectivity index (χ3n) is 4.09. The Morgan fingerprint density at radius 2 is 1.78 bits per heavy atom. The molecular formula is C18H12N6O3. The van der Waals surface area contributed by atoms with Gasteiger partial charge >= 0.3 is 0 Å². The monoisotopic (exact) mass is 360 g/mol. The van der Waals surface area contributed by atoms with Gasteiger partial charge in [0.2, 0.25) is 5.82 Å². The van der Waals surface area contributed by atoms with Crippen molar-refractivity contribution in [3.05, 3.63) is 59.0 Å². The standard InChI is InChI=1S/C18H12N6O3/c19-16-17(24-27)21-13-9-5-1-2-6-10(9)14(15(13)20-16)22-23-18(26)11-7-3-4-8-12(11)25/h1-8,20,25H,19H2. The lowest BCUT2D eigenvalue weighted by molar-refractivity contribution is 0.0992. The predicted octanol–water partition coefficient (Wildman–Crippen LogP) is 4.28. The topological polar surface area (TPSA) is 146 Å². The van der Waals surface area contributed by atoms with Gasteiger partial charge in [0.1, 0.15) is 11.4 Å². The number of nitrogens with two attached hydrogens (primary N) is 1. The zero-order valence-corrected chi connectivity index (χ0v) is 13.7. The largest absolute Gasteiger partial charge is 0.507 e. The van der Waals surface area contributed by atoms with Crippen LogP contribution in [0.4, 0.5) is 17.3 Å². The first-order chi connectivity index (χ1) is 13.1. The second-order valence-electron chi connectivity index (χ2n) is 5.71. The molecule has 27 heavy (non-hydrogen) atoms. The number of rotatable bonds is 3. The van der Waals surface area contributed by atoms with Gasteiger partial charge in [0.25, 0.3) is 5.91 Å². The molecule has 0 fully saturated rings. The van der Waals surface area contributed by atoms with Gasteiger partial charge in [-0.2, -0.15) is 0 Å². The lowest BCUT2D eigenvalue weighted by Gasteiger charge is -2.04. The van der Waals surface area contributed by atoms with Gasteiger partial charge in [-0.25, -0.2) is 4.98 Å². The minimum absolute atomic E-state index is 0.0173. The summed E-state index contributed by atoms with van der Waals surface area (Å²) in [5.41, 5.74) is 7.03. The van der Waals surface area contributed by atoms with Crippen molar-refractivity contribution in [2.24, 2.45) is 15.4 Å². The second-order valence-corrected chi connectivity index (χ2v) is 5.71.